The lowest BCUT2D eigenvalue weighted by Crippen LogP contribution is -2.49. The molecule has 1 saturated heterocycles. The van der Waals surface area contributed by atoms with Gasteiger partial charge in [-0.25, -0.2) is 9.78 Å². The number of fused-ring (bicyclic) bond motifs is 1. The second kappa shape index (κ2) is 9.80. The third-order valence-electron chi connectivity index (χ3n) is 5.84. The van der Waals surface area contributed by atoms with E-state index >= 15 is 0 Å². The van der Waals surface area contributed by atoms with E-state index < -0.39 is 0 Å². The predicted octanol–water partition coefficient (Wildman–Crippen LogP) is 3.43. The Hall–Kier alpha value is -4.47. The molecule has 0 aliphatic carbocycles. The summed E-state index contributed by atoms with van der Waals surface area (Å²) >= 11 is 0. The average molecular weight is 476 g/mol. The number of rotatable bonds is 5. The van der Waals surface area contributed by atoms with Crippen LogP contribution in [0.4, 0.5) is 22.0 Å². The molecular weight excluding hydrogens is 450 g/mol. The highest BCUT2D eigenvalue weighted by Crippen LogP contribution is 2.33. The number of amides is 3. The number of aromatic nitrogens is 1. The van der Waals surface area contributed by atoms with Gasteiger partial charge in [-0.1, -0.05) is 6.07 Å². The van der Waals surface area contributed by atoms with Gasteiger partial charge in [-0.05, 0) is 42.5 Å². The number of nitrogens with one attached hydrogen (secondary N) is 2. The molecule has 0 bridgehead atoms. The maximum atomic E-state index is 12.9. The van der Waals surface area contributed by atoms with Gasteiger partial charge in [0.15, 0.2) is 11.5 Å². The molecule has 2 aromatic carbocycles. The van der Waals surface area contributed by atoms with Crippen LogP contribution in [-0.4, -0.2) is 61.9 Å². The van der Waals surface area contributed by atoms with Crippen LogP contribution in [0.1, 0.15) is 10.4 Å². The first-order chi connectivity index (χ1) is 17.1. The molecule has 3 aromatic rings. The van der Waals surface area contributed by atoms with Crippen molar-refractivity contribution in [3.63, 3.8) is 0 Å². The SMILES string of the molecule is COc1cccc(NC(=O)Nc2ccc(N3CCN(C(=O)c4ccc5c(c4)OCO5)CC3)nc2)c1. The van der Waals surface area contributed by atoms with Crippen LogP contribution in [0.2, 0.25) is 0 Å². The van der Waals surface area contributed by atoms with Crippen LogP contribution in [0.15, 0.2) is 60.8 Å². The molecule has 0 unspecified atom stereocenters. The highest BCUT2D eigenvalue weighted by molar-refractivity contribution is 5.99. The van der Waals surface area contributed by atoms with Crippen LogP contribution in [0, 0.1) is 0 Å². The quantitative estimate of drug-likeness (QED) is 0.583. The molecule has 180 valence electrons. The molecule has 5 rings (SSSR count). The smallest absolute Gasteiger partial charge is 0.323 e. The number of ether oxygens (including phenoxy) is 3. The summed E-state index contributed by atoms with van der Waals surface area (Å²) in [4.78, 5) is 33.6. The van der Waals surface area contributed by atoms with E-state index in [1.165, 1.54) is 0 Å². The van der Waals surface area contributed by atoms with E-state index in [4.69, 9.17) is 14.2 Å². The lowest BCUT2D eigenvalue weighted by Gasteiger charge is -2.35. The molecule has 0 spiro atoms. The van der Waals surface area contributed by atoms with Crippen molar-refractivity contribution in [2.24, 2.45) is 0 Å². The number of urea groups is 1. The highest BCUT2D eigenvalue weighted by atomic mass is 16.7. The summed E-state index contributed by atoms with van der Waals surface area (Å²) in [5.74, 6) is 2.68. The van der Waals surface area contributed by atoms with Gasteiger partial charge < -0.3 is 34.6 Å². The minimum absolute atomic E-state index is 0.0301. The fourth-order valence-corrected chi connectivity index (χ4v) is 3.99. The summed E-state index contributed by atoms with van der Waals surface area (Å²) in [5, 5.41) is 5.54. The van der Waals surface area contributed by atoms with E-state index in [1.807, 2.05) is 11.0 Å². The maximum Gasteiger partial charge on any atom is 0.323 e. The standard InChI is InChI=1S/C25H25N5O5/c1-33-20-4-2-3-18(14-20)27-25(32)28-19-6-8-23(26-15-19)29-9-11-30(12-10-29)24(31)17-5-7-21-22(13-17)35-16-34-21/h2-8,13-15H,9-12,16H2,1H3,(H2,27,28,32). The molecule has 10 nitrogen and oxygen atoms in total. The summed E-state index contributed by atoms with van der Waals surface area (Å²) in [6.07, 6.45) is 1.62. The first-order valence-corrected chi connectivity index (χ1v) is 11.2. The van der Waals surface area contributed by atoms with Crippen LogP contribution in [-0.2, 0) is 0 Å². The Morgan fingerprint density at radius 3 is 2.49 bits per heavy atom. The van der Waals surface area contributed by atoms with Crippen molar-refractivity contribution < 1.29 is 23.8 Å². The Morgan fingerprint density at radius 1 is 0.914 bits per heavy atom. The lowest BCUT2D eigenvalue weighted by atomic mass is 10.1. The maximum absolute atomic E-state index is 12.9. The van der Waals surface area contributed by atoms with Gasteiger partial charge in [-0.2, -0.15) is 0 Å². The predicted molar refractivity (Wildman–Crippen MR) is 131 cm³/mol. The molecule has 0 atom stereocenters. The normalized spacial score (nSPS) is 14.4. The molecule has 10 heteroatoms. The molecule has 2 aliphatic heterocycles. The van der Waals surface area contributed by atoms with E-state index in [-0.39, 0.29) is 18.7 Å². The van der Waals surface area contributed by atoms with Crippen LogP contribution < -0.4 is 29.7 Å². The summed E-state index contributed by atoms with van der Waals surface area (Å²) < 4.78 is 15.9. The van der Waals surface area contributed by atoms with Crippen molar-refractivity contribution in [2.75, 3.05) is 55.6 Å². The van der Waals surface area contributed by atoms with Crippen LogP contribution in [0.25, 0.3) is 0 Å². The van der Waals surface area contributed by atoms with E-state index in [0.717, 1.165) is 5.82 Å². The third-order valence-corrected chi connectivity index (χ3v) is 5.84. The van der Waals surface area contributed by atoms with Crippen molar-refractivity contribution in [3.8, 4) is 17.2 Å². The van der Waals surface area contributed by atoms with E-state index in [2.05, 4.69) is 20.5 Å². The largest absolute Gasteiger partial charge is 0.497 e. The number of hydrogen-bond donors (Lipinski definition) is 2. The summed E-state index contributed by atoms with van der Waals surface area (Å²) in [6.45, 7) is 2.66. The number of hydrogen-bond acceptors (Lipinski definition) is 7. The van der Waals surface area contributed by atoms with Gasteiger partial charge in [-0.15, -0.1) is 0 Å². The van der Waals surface area contributed by atoms with Crippen molar-refractivity contribution in [1.29, 1.82) is 0 Å². The Labute approximate surface area is 202 Å². The zero-order valence-corrected chi connectivity index (χ0v) is 19.2. The zero-order chi connectivity index (χ0) is 24.2. The second-order valence-electron chi connectivity index (χ2n) is 8.06. The molecule has 1 fully saturated rings. The van der Waals surface area contributed by atoms with Gasteiger partial charge >= 0.3 is 6.03 Å². The van der Waals surface area contributed by atoms with E-state index in [1.54, 1.807) is 61.8 Å². The van der Waals surface area contributed by atoms with E-state index in [0.29, 0.717) is 60.4 Å². The summed E-state index contributed by atoms with van der Waals surface area (Å²) in [6, 6.07) is 15.7. The molecule has 2 aliphatic rings. The fraction of sp³-hybridized carbons (Fsp3) is 0.240. The molecule has 35 heavy (non-hydrogen) atoms. The lowest BCUT2D eigenvalue weighted by molar-refractivity contribution is 0.0746. The average Bonchev–Trinajstić information content (AvgIpc) is 3.37. The Kier molecular flexibility index (Phi) is 6.25. The van der Waals surface area contributed by atoms with Crippen LogP contribution in [0.3, 0.4) is 0 Å². The molecule has 1 aromatic heterocycles. The molecule has 3 heterocycles. The summed E-state index contributed by atoms with van der Waals surface area (Å²) in [5.41, 5.74) is 1.79. The van der Waals surface area contributed by atoms with E-state index in [9.17, 15) is 9.59 Å². The minimum Gasteiger partial charge on any atom is -0.497 e. The number of anilines is 3. The van der Waals surface area contributed by atoms with Crippen molar-refractivity contribution in [1.82, 2.24) is 9.88 Å². The van der Waals surface area contributed by atoms with Crippen molar-refractivity contribution >= 4 is 29.1 Å². The first-order valence-electron chi connectivity index (χ1n) is 11.2. The van der Waals surface area contributed by atoms with Gasteiger partial charge in [0.25, 0.3) is 5.91 Å². The van der Waals surface area contributed by atoms with Crippen LogP contribution >= 0.6 is 0 Å². The Balaban J connectivity index is 1.13. The van der Waals surface area contributed by atoms with Crippen molar-refractivity contribution in [2.45, 2.75) is 0 Å². The molecule has 0 radical (unpaired) electrons. The molecule has 3 amide bonds. The number of benzene rings is 2. The Morgan fingerprint density at radius 2 is 1.71 bits per heavy atom. The van der Waals surface area contributed by atoms with Gasteiger partial charge in [-0.3, -0.25) is 4.79 Å². The number of nitrogens with zero attached hydrogens (tertiary/aromatic N) is 3. The number of methoxy groups -OCH3 is 1. The number of carbonyl (C=O) groups excluding carboxylic acids is 2. The van der Waals surface area contributed by atoms with Gasteiger partial charge in [0.05, 0.1) is 19.0 Å². The van der Waals surface area contributed by atoms with Crippen LogP contribution in [0.5, 0.6) is 17.2 Å². The fourth-order valence-electron chi connectivity index (χ4n) is 3.99. The third kappa shape index (κ3) is 5.06. The molecule has 0 saturated carbocycles. The zero-order valence-electron chi connectivity index (χ0n) is 19.2. The van der Waals surface area contributed by atoms with Gasteiger partial charge in [0, 0.05) is 43.5 Å². The van der Waals surface area contributed by atoms with Gasteiger partial charge in [0.2, 0.25) is 6.79 Å². The Bertz CT molecular complexity index is 1230. The monoisotopic (exact) mass is 475 g/mol. The topological polar surface area (TPSA) is 105 Å². The summed E-state index contributed by atoms with van der Waals surface area (Å²) in [7, 11) is 1.57. The second-order valence-corrected chi connectivity index (χ2v) is 8.06. The first kappa shape index (κ1) is 22.3. The molecule has 2 N–H and O–H groups in total. The number of pyridine rings is 1. The van der Waals surface area contributed by atoms with Gasteiger partial charge in [0.1, 0.15) is 11.6 Å². The highest BCUT2D eigenvalue weighted by Gasteiger charge is 2.24. The minimum atomic E-state index is -0.372. The molecular formula is C25H25N5O5. The van der Waals surface area contributed by atoms with Crippen molar-refractivity contribution in [3.05, 3.63) is 66.4 Å². The number of carbonyl (C=O) groups is 2. The number of piperazine rings is 1.